The van der Waals surface area contributed by atoms with Gasteiger partial charge in [0.15, 0.2) is 0 Å². The van der Waals surface area contributed by atoms with Crippen molar-refractivity contribution >= 4 is 17.4 Å². The molecule has 1 aliphatic carbocycles. The first kappa shape index (κ1) is 17.6. The van der Waals surface area contributed by atoms with Crippen LogP contribution in [0.25, 0.3) is 5.57 Å². The smallest absolute Gasteiger partial charge is 0.249 e. The maximum atomic E-state index is 12.8. The first-order valence-electron chi connectivity index (χ1n) is 8.75. The zero-order chi connectivity index (χ0) is 17.8. The van der Waals surface area contributed by atoms with E-state index in [0.29, 0.717) is 25.9 Å². The maximum absolute atomic E-state index is 12.8. The molecule has 1 aromatic rings. The van der Waals surface area contributed by atoms with Gasteiger partial charge in [-0.15, -0.1) is 0 Å². The molecule has 0 bridgehead atoms. The van der Waals surface area contributed by atoms with Crippen LogP contribution in [0.2, 0.25) is 0 Å². The van der Waals surface area contributed by atoms with Crippen LogP contribution in [-0.4, -0.2) is 46.2 Å². The van der Waals surface area contributed by atoms with E-state index < -0.39 is 17.9 Å². The zero-order valence-corrected chi connectivity index (χ0v) is 14.1. The number of carbonyl (C=O) groups excluding carboxylic acids is 2. The van der Waals surface area contributed by atoms with Crippen molar-refractivity contribution in [2.45, 2.75) is 31.8 Å². The standard InChI is InChI=1S/C19H24N2O4/c22-17-7-6-15(12-16(17)18(23)20-25)19(24)21-10-8-14(9-11-21)13-4-2-1-3-5-13/h1-5,8,15-17,22,25H,6-7,9-12H2,(H,20,23)/t15-,16-,17-/m0/s1. The summed E-state index contributed by atoms with van der Waals surface area (Å²) in [6, 6.07) is 10.1. The van der Waals surface area contributed by atoms with E-state index in [1.807, 2.05) is 23.1 Å². The number of hydrogen-bond acceptors (Lipinski definition) is 4. The Hall–Kier alpha value is -2.18. The normalized spacial score (nSPS) is 26.7. The Kier molecular flexibility index (Phi) is 5.50. The van der Waals surface area contributed by atoms with Crippen molar-refractivity contribution in [2.75, 3.05) is 13.1 Å². The second-order valence-corrected chi connectivity index (χ2v) is 6.79. The molecule has 2 amide bonds. The third-order valence-corrected chi connectivity index (χ3v) is 5.28. The summed E-state index contributed by atoms with van der Waals surface area (Å²) in [5.41, 5.74) is 4.04. The van der Waals surface area contributed by atoms with Crippen LogP contribution in [0.4, 0.5) is 0 Å². The SMILES string of the molecule is O=C(NO)[C@H]1C[C@@H](C(=O)N2CC=C(c3ccccc3)CC2)CC[C@@H]1O. The van der Waals surface area contributed by atoms with Gasteiger partial charge in [-0.3, -0.25) is 14.8 Å². The van der Waals surface area contributed by atoms with Crippen molar-refractivity contribution in [1.82, 2.24) is 10.4 Å². The number of carbonyl (C=O) groups is 2. The molecule has 25 heavy (non-hydrogen) atoms. The lowest BCUT2D eigenvalue weighted by Crippen LogP contribution is -2.46. The number of amides is 2. The van der Waals surface area contributed by atoms with Crippen molar-refractivity contribution in [3.05, 3.63) is 42.0 Å². The van der Waals surface area contributed by atoms with E-state index in [1.54, 1.807) is 5.48 Å². The Morgan fingerprint density at radius 3 is 2.56 bits per heavy atom. The van der Waals surface area contributed by atoms with Crippen LogP contribution in [-0.2, 0) is 9.59 Å². The minimum atomic E-state index is -0.804. The maximum Gasteiger partial charge on any atom is 0.249 e. The van der Waals surface area contributed by atoms with Gasteiger partial charge in [-0.05, 0) is 36.8 Å². The molecule has 3 rings (SSSR count). The van der Waals surface area contributed by atoms with Gasteiger partial charge in [0.1, 0.15) is 0 Å². The highest BCUT2D eigenvalue weighted by Crippen LogP contribution is 2.32. The number of aliphatic hydroxyl groups is 1. The summed E-state index contributed by atoms with van der Waals surface area (Å²) in [6.07, 6.45) is 3.34. The predicted octanol–water partition coefficient (Wildman–Crippen LogP) is 1.58. The van der Waals surface area contributed by atoms with E-state index in [9.17, 15) is 14.7 Å². The Morgan fingerprint density at radius 1 is 1.16 bits per heavy atom. The van der Waals surface area contributed by atoms with Crippen LogP contribution in [0.5, 0.6) is 0 Å². The Morgan fingerprint density at radius 2 is 1.92 bits per heavy atom. The van der Waals surface area contributed by atoms with Crippen LogP contribution in [0, 0.1) is 11.8 Å². The van der Waals surface area contributed by atoms with Crippen LogP contribution >= 0.6 is 0 Å². The fourth-order valence-corrected chi connectivity index (χ4v) is 3.79. The quantitative estimate of drug-likeness (QED) is 0.574. The summed E-state index contributed by atoms with van der Waals surface area (Å²) < 4.78 is 0. The monoisotopic (exact) mass is 344 g/mol. The topological polar surface area (TPSA) is 89.9 Å². The van der Waals surface area contributed by atoms with Gasteiger partial charge in [0, 0.05) is 19.0 Å². The molecule has 6 heteroatoms. The molecule has 0 aromatic heterocycles. The molecule has 3 N–H and O–H groups in total. The first-order valence-corrected chi connectivity index (χ1v) is 8.75. The van der Waals surface area contributed by atoms with Crippen LogP contribution in [0.1, 0.15) is 31.2 Å². The largest absolute Gasteiger partial charge is 0.392 e. The van der Waals surface area contributed by atoms with Gasteiger partial charge < -0.3 is 10.0 Å². The third kappa shape index (κ3) is 3.91. The number of benzene rings is 1. The number of aliphatic hydroxyl groups excluding tert-OH is 1. The van der Waals surface area contributed by atoms with Crippen molar-refractivity contribution in [2.24, 2.45) is 11.8 Å². The molecule has 1 aromatic carbocycles. The molecule has 0 unspecified atom stereocenters. The van der Waals surface area contributed by atoms with E-state index in [2.05, 4.69) is 18.2 Å². The average molecular weight is 344 g/mol. The first-order chi connectivity index (χ1) is 12.1. The fourth-order valence-electron chi connectivity index (χ4n) is 3.79. The highest BCUT2D eigenvalue weighted by molar-refractivity contribution is 5.83. The third-order valence-electron chi connectivity index (χ3n) is 5.28. The van der Waals surface area contributed by atoms with Gasteiger partial charge in [-0.25, -0.2) is 5.48 Å². The van der Waals surface area contributed by atoms with Gasteiger partial charge in [0.2, 0.25) is 11.8 Å². The summed E-state index contributed by atoms with van der Waals surface area (Å²) in [7, 11) is 0. The van der Waals surface area contributed by atoms with Crippen molar-refractivity contribution in [3.8, 4) is 0 Å². The lowest BCUT2D eigenvalue weighted by Gasteiger charge is -2.35. The van der Waals surface area contributed by atoms with Gasteiger partial charge in [-0.1, -0.05) is 36.4 Å². The Bertz CT molecular complexity index is 659. The van der Waals surface area contributed by atoms with Crippen LogP contribution < -0.4 is 5.48 Å². The number of nitrogens with one attached hydrogen (secondary N) is 1. The highest BCUT2D eigenvalue weighted by Gasteiger charge is 2.38. The number of hydroxylamine groups is 1. The highest BCUT2D eigenvalue weighted by atomic mass is 16.5. The molecule has 1 saturated carbocycles. The summed E-state index contributed by atoms with van der Waals surface area (Å²) >= 11 is 0. The molecule has 6 nitrogen and oxygen atoms in total. The molecule has 2 aliphatic rings. The number of rotatable bonds is 3. The van der Waals surface area contributed by atoms with E-state index in [0.717, 1.165) is 6.42 Å². The molecule has 0 spiro atoms. The second-order valence-electron chi connectivity index (χ2n) is 6.79. The van der Waals surface area contributed by atoms with Crippen LogP contribution in [0.3, 0.4) is 0 Å². The zero-order valence-electron chi connectivity index (χ0n) is 14.1. The number of nitrogens with zero attached hydrogens (tertiary/aromatic N) is 1. The minimum absolute atomic E-state index is 0.0333. The number of hydrogen-bond donors (Lipinski definition) is 3. The lowest BCUT2D eigenvalue weighted by molar-refractivity contribution is -0.144. The van der Waals surface area contributed by atoms with Crippen molar-refractivity contribution < 1.29 is 19.9 Å². The fraction of sp³-hybridized carbons (Fsp3) is 0.474. The van der Waals surface area contributed by atoms with E-state index in [1.165, 1.54) is 11.1 Å². The van der Waals surface area contributed by atoms with Gasteiger partial charge in [0.25, 0.3) is 0 Å². The summed E-state index contributed by atoms with van der Waals surface area (Å²) in [5.74, 6) is -1.59. The molecule has 3 atom stereocenters. The van der Waals surface area contributed by atoms with Crippen LogP contribution in [0.15, 0.2) is 36.4 Å². The molecule has 1 heterocycles. The second kappa shape index (κ2) is 7.80. The molecule has 1 aliphatic heterocycles. The molecular formula is C19H24N2O4. The molecule has 134 valence electrons. The average Bonchev–Trinajstić information content (AvgIpc) is 2.68. The summed E-state index contributed by atoms with van der Waals surface area (Å²) in [6.45, 7) is 1.23. The van der Waals surface area contributed by atoms with Gasteiger partial charge in [-0.2, -0.15) is 0 Å². The molecule has 1 fully saturated rings. The van der Waals surface area contributed by atoms with Crippen molar-refractivity contribution in [1.29, 1.82) is 0 Å². The minimum Gasteiger partial charge on any atom is -0.392 e. The Balaban J connectivity index is 1.62. The van der Waals surface area contributed by atoms with E-state index in [-0.39, 0.29) is 18.2 Å². The molecule has 0 saturated heterocycles. The lowest BCUT2D eigenvalue weighted by atomic mass is 9.78. The Labute approximate surface area is 147 Å². The summed E-state index contributed by atoms with van der Waals surface area (Å²) in [5, 5.41) is 18.7. The summed E-state index contributed by atoms with van der Waals surface area (Å²) in [4.78, 5) is 26.3. The van der Waals surface area contributed by atoms with E-state index in [4.69, 9.17) is 5.21 Å². The molecular weight excluding hydrogens is 320 g/mol. The van der Waals surface area contributed by atoms with Gasteiger partial charge in [0.05, 0.1) is 12.0 Å². The van der Waals surface area contributed by atoms with Crippen molar-refractivity contribution in [3.63, 3.8) is 0 Å². The predicted molar refractivity (Wildman–Crippen MR) is 92.4 cm³/mol. The molecule has 0 radical (unpaired) electrons. The van der Waals surface area contributed by atoms with E-state index >= 15 is 0 Å². The van der Waals surface area contributed by atoms with Gasteiger partial charge >= 0.3 is 0 Å².